The van der Waals surface area contributed by atoms with Crippen LogP contribution in [0.4, 0.5) is 0 Å². The Morgan fingerprint density at radius 1 is 1.04 bits per heavy atom. The van der Waals surface area contributed by atoms with Crippen LogP contribution in [0, 0.1) is 0 Å². The van der Waals surface area contributed by atoms with Crippen LogP contribution in [0.1, 0.15) is 0 Å². The van der Waals surface area contributed by atoms with Crippen LogP contribution in [0.25, 0.3) is 11.1 Å². The van der Waals surface area contributed by atoms with Crippen molar-refractivity contribution in [3.8, 4) is 16.9 Å². The second-order valence-corrected chi connectivity index (χ2v) is 8.73. The van der Waals surface area contributed by atoms with Crippen molar-refractivity contribution < 1.29 is 17.9 Å². The Balaban J connectivity index is 1.56. The first kappa shape index (κ1) is 19.7. The summed E-state index contributed by atoms with van der Waals surface area (Å²) in [7, 11) is -3.22. The normalized spacial score (nSPS) is 15.6. The molecule has 6 nitrogen and oxygen atoms in total. The SMILES string of the molecule is CS(=O)(=O)N1CCN(C(=O)COc2ccc(-c3ccccc3)cc2Cl)CC1. The highest BCUT2D eigenvalue weighted by molar-refractivity contribution is 7.88. The van der Waals surface area contributed by atoms with Gasteiger partial charge in [-0.25, -0.2) is 8.42 Å². The maximum absolute atomic E-state index is 12.3. The predicted molar refractivity (Wildman–Crippen MR) is 105 cm³/mol. The maximum atomic E-state index is 12.3. The molecule has 0 atom stereocenters. The van der Waals surface area contributed by atoms with Gasteiger partial charge in [-0.3, -0.25) is 4.79 Å². The minimum absolute atomic E-state index is 0.136. The third kappa shape index (κ3) is 5.00. The van der Waals surface area contributed by atoms with Crippen molar-refractivity contribution in [1.82, 2.24) is 9.21 Å². The van der Waals surface area contributed by atoms with Gasteiger partial charge in [-0.05, 0) is 23.3 Å². The van der Waals surface area contributed by atoms with E-state index in [2.05, 4.69) is 0 Å². The van der Waals surface area contributed by atoms with Crippen LogP contribution in [0.5, 0.6) is 5.75 Å². The monoisotopic (exact) mass is 408 g/mol. The van der Waals surface area contributed by atoms with Gasteiger partial charge in [0.25, 0.3) is 5.91 Å². The van der Waals surface area contributed by atoms with Crippen LogP contribution >= 0.6 is 11.6 Å². The van der Waals surface area contributed by atoms with E-state index in [0.29, 0.717) is 37.0 Å². The van der Waals surface area contributed by atoms with Gasteiger partial charge in [0.1, 0.15) is 5.75 Å². The highest BCUT2D eigenvalue weighted by atomic mass is 35.5. The summed E-state index contributed by atoms with van der Waals surface area (Å²) in [5, 5.41) is 0.436. The fourth-order valence-corrected chi connectivity index (χ4v) is 3.99. The predicted octanol–water partition coefficient (Wildman–Crippen LogP) is 2.49. The number of nitrogens with zero attached hydrogens (tertiary/aromatic N) is 2. The minimum atomic E-state index is -3.22. The molecule has 1 aliphatic rings. The third-order valence-electron chi connectivity index (χ3n) is 4.45. The lowest BCUT2D eigenvalue weighted by Gasteiger charge is -2.33. The van der Waals surface area contributed by atoms with Gasteiger partial charge >= 0.3 is 0 Å². The summed E-state index contributed by atoms with van der Waals surface area (Å²) in [4.78, 5) is 13.9. The molecule has 1 fully saturated rings. The average molecular weight is 409 g/mol. The Bertz CT molecular complexity index is 911. The molecule has 0 aliphatic carbocycles. The van der Waals surface area contributed by atoms with Gasteiger partial charge < -0.3 is 9.64 Å². The Kier molecular flexibility index (Phi) is 6.04. The zero-order valence-electron chi connectivity index (χ0n) is 15.0. The molecule has 27 heavy (non-hydrogen) atoms. The molecule has 0 unspecified atom stereocenters. The van der Waals surface area contributed by atoms with Crippen molar-refractivity contribution in [3.05, 3.63) is 53.6 Å². The summed E-state index contributed by atoms with van der Waals surface area (Å²) >= 11 is 6.29. The van der Waals surface area contributed by atoms with E-state index in [9.17, 15) is 13.2 Å². The van der Waals surface area contributed by atoms with Crippen molar-refractivity contribution >= 4 is 27.5 Å². The summed E-state index contributed by atoms with van der Waals surface area (Å²) in [6.07, 6.45) is 1.18. The number of ether oxygens (including phenoxy) is 1. The number of piperazine rings is 1. The average Bonchev–Trinajstić information content (AvgIpc) is 2.67. The largest absolute Gasteiger partial charge is 0.482 e. The van der Waals surface area contributed by atoms with E-state index in [0.717, 1.165) is 11.1 Å². The topological polar surface area (TPSA) is 66.9 Å². The number of hydrogen-bond donors (Lipinski definition) is 0. The summed E-state index contributed by atoms with van der Waals surface area (Å²) in [6, 6.07) is 15.3. The number of amides is 1. The first-order chi connectivity index (χ1) is 12.8. The molecule has 0 N–H and O–H groups in total. The summed E-state index contributed by atoms with van der Waals surface area (Å²) in [5.41, 5.74) is 2.02. The van der Waals surface area contributed by atoms with Crippen LogP contribution in [0.2, 0.25) is 5.02 Å². The molecule has 144 valence electrons. The summed E-state index contributed by atoms with van der Waals surface area (Å²) < 4.78 is 30.0. The van der Waals surface area contributed by atoms with Crippen LogP contribution in [-0.4, -0.2) is 62.6 Å². The number of sulfonamides is 1. The third-order valence-corrected chi connectivity index (χ3v) is 6.05. The fourth-order valence-electron chi connectivity index (χ4n) is 2.93. The van der Waals surface area contributed by atoms with Gasteiger partial charge in [0.15, 0.2) is 6.61 Å². The lowest BCUT2D eigenvalue weighted by molar-refractivity contribution is -0.134. The van der Waals surface area contributed by atoms with Gasteiger partial charge in [0.05, 0.1) is 11.3 Å². The zero-order valence-corrected chi connectivity index (χ0v) is 16.5. The summed E-state index contributed by atoms with van der Waals surface area (Å²) in [6.45, 7) is 1.18. The molecule has 2 aromatic carbocycles. The number of carbonyl (C=O) groups is 1. The second-order valence-electron chi connectivity index (χ2n) is 6.34. The van der Waals surface area contributed by atoms with Crippen LogP contribution < -0.4 is 4.74 Å². The van der Waals surface area contributed by atoms with E-state index in [4.69, 9.17) is 16.3 Å². The number of hydrogen-bond acceptors (Lipinski definition) is 4. The molecular formula is C19H21ClN2O4S. The Morgan fingerprint density at radius 2 is 1.70 bits per heavy atom. The summed E-state index contributed by atoms with van der Waals surface area (Å²) in [5.74, 6) is 0.255. The highest BCUT2D eigenvalue weighted by Crippen LogP contribution is 2.30. The van der Waals surface area contributed by atoms with E-state index in [-0.39, 0.29) is 12.5 Å². The molecule has 1 saturated heterocycles. The zero-order chi connectivity index (χ0) is 19.4. The van der Waals surface area contributed by atoms with Gasteiger partial charge in [-0.1, -0.05) is 48.0 Å². The molecule has 0 radical (unpaired) electrons. The van der Waals surface area contributed by atoms with Crippen LogP contribution in [0.15, 0.2) is 48.5 Å². The van der Waals surface area contributed by atoms with E-state index in [1.807, 2.05) is 42.5 Å². The Hall–Kier alpha value is -2.09. The highest BCUT2D eigenvalue weighted by Gasteiger charge is 2.26. The van der Waals surface area contributed by atoms with Gasteiger partial charge in [0, 0.05) is 26.2 Å². The molecule has 2 aromatic rings. The van der Waals surface area contributed by atoms with E-state index in [1.165, 1.54) is 10.6 Å². The van der Waals surface area contributed by atoms with E-state index < -0.39 is 10.0 Å². The lowest BCUT2D eigenvalue weighted by Crippen LogP contribution is -2.51. The lowest BCUT2D eigenvalue weighted by atomic mass is 10.1. The first-order valence-electron chi connectivity index (χ1n) is 8.55. The molecule has 0 aromatic heterocycles. The molecule has 3 rings (SSSR count). The fraction of sp³-hybridized carbons (Fsp3) is 0.316. The molecule has 8 heteroatoms. The smallest absolute Gasteiger partial charge is 0.260 e. The van der Waals surface area contributed by atoms with E-state index >= 15 is 0 Å². The van der Waals surface area contributed by atoms with Crippen molar-refractivity contribution in [2.75, 3.05) is 39.0 Å². The molecule has 1 aliphatic heterocycles. The number of benzene rings is 2. The first-order valence-corrected chi connectivity index (χ1v) is 10.8. The van der Waals surface area contributed by atoms with Crippen molar-refractivity contribution in [1.29, 1.82) is 0 Å². The number of halogens is 1. The Morgan fingerprint density at radius 3 is 2.30 bits per heavy atom. The minimum Gasteiger partial charge on any atom is -0.482 e. The van der Waals surface area contributed by atoms with Crippen LogP contribution in [-0.2, 0) is 14.8 Å². The molecule has 0 saturated carbocycles. The number of carbonyl (C=O) groups excluding carboxylic acids is 1. The molecular weight excluding hydrogens is 388 g/mol. The van der Waals surface area contributed by atoms with E-state index in [1.54, 1.807) is 11.0 Å². The molecule has 0 spiro atoms. The van der Waals surface area contributed by atoms with Crippen molar-refractivity contribution in [3.63, 3.8) is 0 Å². The van der Waals surface area contributed by atoms with Crippen molar-refractivity contribution in [2.45, 2.75) is 0 Å². The molecule has 1 amide bonds. The molecule has 1 heterocycles. The maximum Gasteiger partial charge on any atom is 0.260 e. The number of rotatable bonds is 5. The van der Waals surface area contributed by atoms with Gasteiger partial charge in [-0.2, -0.15) is 4.31 Å². The Labute approximate surface area is 164 Å². The quantitative estimate of drug-likeness (QED) is 0.762. The molecule has 0 bridgehead atoms. The van der Waals surface area contributed by atoms with Crippen LogP contribution in [0.3, 0.4) is 0 Å². The van der Waals surface area contributed by atoms with Gasteiger partial charge in [-0.15, -0.1) is 0 Å². The van der Waals surface area contributed by atoms with Crippen molar-refractivity contribution in [2.24, 2.45) is 0 Å². The standard InChI is InChI=1S/C19H21ClN2O4S/c1-27(24,25)22-11-9-21(10-12-22)19(23)14-26-18-8-7-16(13-17(18)20)15-5-3-2-4-6-15/h2-8,13H,9-12,14H2,1H3. The van der Waals surface area contributed by atoms with Gasteiger partial charge in [0.2, 0.25) is 10.0 Å². The second kappa shape index (κ2) is 8.29.